The lowest BCUT2D eigenvalue weighted by Gasteiger charge is -2.15. The van der Waals surface area contributed by atoms with Crippen LogP contribution in [0.25, 0.3) is 0 Å². The van der Waals surface area contributed by atoms with Crippen molar-refractivity contribution in [3.63, 3.8) is 0 Å². The third-order valence-corrected chi connectivity index (χ3v) is 6.16. The van der Waals surface area contributed by atoms with E-state index < -0.39 is 9.84 Å². The highest BCUT2D eigenvalue weighted by atomic mass is 32.2. The van der Waals surface area contributed by atoms with Crippen LogP contribution in [0, 0.1) is 0 Å². The zero-order valence-corrected chi connectivity index (χ0v) is 16.5. The van der Waals surface area contributed by atoms with Crippen LogP contribution in [-0.2, 0) is 14.6 Å². The summed E-state index contributed by atoms with van der Waals surface area (Å²) >= 11 is 1.66. The minimum absolute atomic E-state index is 0.0410. The van der Waals surface area contributed by atoms with E-state index in [0.717, 1.165) is 11.8 Å². The average Bonchev–Trinajstić information content (AvgIpc) is 3.17. The Labute approximate surface area is 163 Å². The van der Waals surface area contributed by atoms with E-state index in [4.69, 9.17) is 0 Å². The van der Waals surface area contributed by atoms with Gasteiger partial charge >= 0.3 is 0 Å². The molecule has 0 aliphatic carbocycles. The largest absolute Gasteiger partial charge is 0.328 e. The van der Waals surface area contributed by atoms with E-state index in [9.17, 15) is 13.2 Å². The normalized spacial score (nSPS) is 12.5. The maximum Gasteiger partial charge on any atom is 0.279 e. The fraction of sp³-hybridized carbons (Fsp3) is 0.150. The van der Waals surface area contributed by atoms with Crippen LogP contribution in [0.1, 0.15) is 16.5 Å². The fourth-order valence-electron chi connectivity index (χ4n) is 2.79. The predicted octanol–water partition coefficient (Wildman–Crippen LogP) is 2.44. The molecule has 0 fully saturated rings. The van der Waals surface area contributed by atoms with Gasteiger partial charge in [-0.15, -0.1) is 11.3 Å². The smallest absolute Gasteiger partial charge is 0.279 e. The molecule has 27 heavy (non-hydrogen) atoms. The number of sulfone groups is 1. The van der Waals surface area contributed by atoms with Gasteiger partial charge in [-0.25, -0.2) is 8.42 Å². The molecular formula is C20H21N2O3S2+. The Morgan fingerprint density at radius 2 is 1.85 bits per heavy atom. The minimum Gasteiger partial charge on any atom is -0.328 e. The zero-order valence-electron chi connectivity index (χ0n) is 14.8. The second-order valence-electron chi connectivity index (χ2n) is 6.19. The highest BCUT2D eigenvalue weighted by Crippen LogP contribution is 2.22. The number of nitrogens with two attached hydrogens (primary N) is 1. The standard InChI is InChI=1S/C20H20N2O3S2/c1-27(24,25)17-10-5-9-16(13-17)22-19(23)14-21-20(18-11-6-12-26-18)15-7-3-2-4-8-15/h2-13,20-21H,14H2,1H3,(H,22,23)/p+1/t20-/m1/s1. The number of carbonyl (C=O) groups excluding carboxylic acids is 1. The van der Waals surface area contributed by atoms with Gasteiger partial charge in [0, 0.05) is 17.5 Å². The molecule has 1 heterocycles. The van der Waals surface area contributed by atoms with Crippen molar-refractivity contribution < 1.29 is 18.5 Å². The van der Waals surface area contributed by atoms with Gasteiger partial charge in [-0.05, 0) is 29.6 Å². The number of nitrogens with one attached hydrogen (secondary N) is 1. The second-order valence-corrected chi connectivity index (χ2v) is 9.19. The van der Waals surface area contributed by atoms with E-state index in [1.807, 2.05) is 47.1 Å². The number of hydrogen-bond donors (Lipinski definition) is 2. The molecule has 0 aliphatic rings. The van der Waals surface area contributed by atoms with Gasteiger partial charge in [-0.2, -0.15) is 0 Å². The minimum atomic E-state index is -3.31. The molecule has 2 aromatic carbocycles. The van der Waals surface area contributed by atoms with Crippen LogP contribution in [0.4, 0.5) is 5.69 Å². The van der Waals surface area contributed by atoms with E-state index in [-0.39, 0.29) is 23.4 Å². The number of quaternary nitrogens is 1. The highest BCUT2D eigenvalue weighted by molar-refractivity contribution is 7.90. The number of rotatable bonds is 7. The van der Waals surface area contributed by atoms with Crippen LogP contribution < -0.4 is 10.6 Å². The molecule has 3 N–H and O–H groups in total. The van der Waals surface area contributed by atoms with Crippen LogP contribution >= 0.6 is 11.3 Å². The highest BCUT2D eigenvalue weighted by Gasteiger charge is 2.20. The summed E-state index contributed by atoms with van der Waals surface area (Å²) in [6, 6.07) is 20.4. The Hall–Kier alpha value is -2.48. The molecule has 0 saturated carbocycles. The molecule has 0 saturated heterocycles. The first-order valence-corrected chi connectivity index (χ1v) is 11.2. The van der Waals surface area contributed by atoms with Crippen molar-refractivity contribution in [2.24, 2.45) is 0 Å². The molecule has 0 aliphatic heterocycles. The summed E-state index contributed by atoms with van der Waals surface area (Å²) < 4.78 is 23.3. The van der Waals surface area contributed by atoms with Gasteiger partial charge in [-0.1, -0.05) is 42.5 Å². The predicted molar refractivity (Wildman–Crippen MR) is 108 cm³/mol. The van der Waals surface area contributed by atoms with E-state index in [1.165, 1.54) is 17.0 Å². The molecule has 5 nitrogen and oxygen atoms in total. The van der Waals surface area contributed by atoms with Crippen molar-refractivity contribution in [3.8, 4) is 0 Å². The Bertz CT molecular complexity index is 1000. The summed E-state index contributed by atoms with van der Waals surface area (Å²) in [6.45, 7) is 0.223. The van der Waals surface area contributed by atoms with Crippen LogP contribution in [-0.4, -0.2) is 27.1 Å². The van der Waals surface area contributed by atoms with Crippen molar-refractivity contribution in [1.29, 1.82) is 0 Å². The Morgan fingerprint density at radius 1 is 1.07 bits per heavy atom. The van der Waals surface area contributed by atoms with Crippen molar-refractivity contribution in [2.45, 2.75) is 10.9 Å². The first-order chi connectivity index (χ1) is 12.9. The van der Waals surface area contributed by atoms with E-state index in [2.05, 4.69) is 11.4 Å². The van der Waals surface area contributed by atoms with E-state index in [1.54, 1.807) is 23.5 Å². The molecular weight excluding hydrogens is 380 g/mol. The number of amides is 1. The zero-order chi connectivity index (χ0) is 19.3. The fourth-order valence-corrected chi connectivity index (χ4v) is 4.30. The lowest BCUT2D eigenvalue weighted by atomic mass is 10.1. The lowest BCUT2D eigenvalue weighted by Crippen LogP contribution is -2.87. The molecule has 3 rings (SSSR count). The average molecular weight is 402 g/mol. The van der Waals surface area contributed by atoms with Gasteiger partial charge in [0.15, 0.2) is 16.4 Å². The van der Waals surface area contributed by atoms with Gasteiger partial charge in [0.1, 0.15) is 6.04 Å². The molecule has 0 unspecified atom stereocenters. The quantitative estimate of drug-likeness (QED) is 0.638. The maximum atomic E-state index is 12.4. The third kappa shape index (κ3) is 5.26. The monoisotopic (exact) mass is 401 g/mol. The second kappa shape index (κ2) is 8.47. The molecule has 3 aromatic rings. The number of thiophene rings is 1. The van der Waals surface area contributed by atoms with Crippen molar-refractivity contribution in [1.82, 2.24) is 0 Å². The van der Waals surface area contributed by atoms with E-state index in [0.29, 0.717) is 5.69 Å². The molecule has 0 bridgehead atoms. The maximum absolute atomic E-state index is 12.4. The third-order valence-electron chi connectivity index (χ3n) is 4.09. The first-order valence-electron chi connectivity index (χ1n) is 8.45. The van der Waals surface area contributed by atoms with Gasteiger partial charge < -0.3 is 10.6 Å². The van der Waals surface area contributed by atoms with Gasteiger partial charge in [0.05, 0.1) is 9.77 Å². The molecule has 1 atom stereocenters. The van der Waals surface area contributed by atoms with Crippen LogP contribution in [0.3, 0.4) is 0 Å². The molecule has 1 aromatic heterocycles. The summed E-state index contributed by atoms with van der Waals surface area (Å²) in [5, 5.41) is 6.78. The number of benzene rings is 2. The summed E-state index contributed by atoms with van der Waals surface area (Å²) in [6.07, 6.45) is 1.15. The Balaban J connectivity index is 1.68. The Kier molecular flexibility index (Phi) is 6.05. The van der Waals surface area contributed by atoms with Gasteiger partial charge in [0.25, 0.3) is 5.91 Å². The number of hydrogen-bond acceptors (Lipinski definition) is 4. The van der Waals surface area contributed by atoms with Crippen LogP contribution in [0.15, 0.2) is 77.0 Å². The molecule has 0 radical (unpaired) electrons. The number of anilines is 1. The lowest BCUT2D eigenvalue weighted by molar-refractivity contribution is -0.675. The van der Waals surface area contributed by atoms with Gasteiger partial charge in [0.2, 0.25) is 0 Å². The molecule has 7 heteroatoms. The van der Waals surface area contributed by atoms with Gasteiger partial charge in [-0.3, -0.25) is 4.79 Å². The molecule has 140 valence electrons. The summed E-state index contributed by atoms with van der Waals surface area (Å²) in [5.74, 6) is -0.182. The number of carbonyl (C=O) groups is 1. The molecule has 1 amide bonds. The van der Waals surface area contributed by atoms with Crippen molar-refractivity contribution >= 4 is 32.8 Å². The van der Waals surface area contributed by atoms with E-state index >= 15 is 0 Å². The SMILES string of the molecule is CS(=O)(=O)c1cccc(NC(=O)C[NH2+][C@H](c2ccccc2)c2cccs2)c1. The first kappa shape index (κ1) is 19.3. The summed E-state index contributed by atoms with van der Waals surface area (Å²) in [7, 11) is -3.31. The van der Waals surface area contributed by atoms with Crippen molar-refractivity contribution in [2.75, 3.05) is 18.1 Å². The van der Waals surface area contributed by atoms with Crippen LogP contribution in [0.5, 0.6) is 0 Å². The summed E-state index contributed by atoms with van der Waals surface area (Å²) in [4.78, 5) is 13.7. The summed E-state index contributed by atoms with van der Waals surface area (Å²) in [5.41, 5.74) is 1.61. The molecule has 0 spiro atoms. The Morgan fingerprint density at radius 3 is 2.52 bits per heavy atom. The topological polar surface area (TPSA) is 79.8 Å². The van der Waals surface area contributed by atoms with Crippen LogP contribution in [0.2, 0.25) is 0 Å². The van der Waals surface area contributed by atoms with Crippen molar-refractivity contribution in [3.05, 3.63) is 82.6 Å².